The van der Waals surface area contributed by atoms with Gasteiger partial charge < -0.3 is 9.84 Å². The topological polar surface area (TPSA) is 63.6 Å². The smallest absolute Gasteiger partial charge is 0.310 e. The first kappa shape index (κ1) is 8.69. The molecule has 0 aromatic heterocycles. The van der Waals surface area contributed by atoms with E-state index in [4.69, 9.17) is 9.84 Å². The van der Waals surface area contributed by atoms with Crippen LogP contribution in [0.4, 0.5) is 0 Å². The van der Waals surface area contributed by atoms with Crippen molar-refractivity contribution in [2.45, 2.75) is 19.3 Å². The van der Waals surface area contributed by atoms with Crippen LogP contribution in [0.25, 0.3) is 0 Å². The molecule has 0 spiro atoms. The van der Waals surface area contributed by atoms with Gasteiger partial charge in [-0.1, -0.05) is 0 Å². The van der Waals surface area contributed by atoms with Crippen LogP contribution in [-0.4, -0.2) is 30.1 Å². The summed E-state index contributed by atoms with van der Waals surface area (Å²) in [7, 11) is 0. The van der Waals surface area contributed by atoms with Gasteiger partial charge in [0.15, 0.2) is 0 Å². The first-order valence-corrected chi connectivity index (χ1v) is 4.48. The zero-order valence-corrected chi connectivity index (χ0v) is 7.28. The summed E-state index contributed by atoms with van der Waals surface area (Å²) in [6, 6.07) is 0. The quantitative estimate of drug-likeness (QED) is 0.677. The van der Waals surface area contributed by atoms with Crippen LogP contribution in [0.3, 0.4) is 0 Å². The lowest BCUT2D eigenvalue weighted by atomic mass is 9.60. The lowest BCUT2D eigenvalue weighted by molar-refractivity contribution is -0.166. The van der Waals surface area contributed by atoms with Gasteiger partial charge in [-0.2, -0.15) is 0 Å². The highest BCUT2D eigenvalue weighted by Crippen LogP contribution is 2.48. The van der Waals surface area contributed by atoms with Gasteiger partial charge in [-0.3, -0.25) is 9.59 Å². The number of carbonyl (C=O) groups excluding carboxylic acids is 1. The summed E-state index contributed by atoms with van der Waals surface area (Å²) in [5.74, 6) is -0.723. The molecule has 1 atom stereocenters. The van der Waals surface area contributed by atoms with E-state index in [1.165, 1.54) is 0 Å². The van der Waals surface area contributed by atoms with Gasteiger partial charge in [-0.25, -0.2) is 0 Å². The summed E-state index contributed by atoms with van der Waals surface area (Å²) in [5.41, 5.74) is -0.784. The lowest BCUT2D eigenvalue weighted by Gasteiger charge is -2.40. The van der Waals surface area contributed by atoms with Crippen LogP contribution in [0.15, 0.2) is 0 Å². The molecule has 0 amide bonds. The van der Waals surface area contributed by atoms with E-state index < -0.39 is 11.4 Å². The predicted octanol–water partition coefficient (Wildman–Crippen LogP) is 0.457. The number of ketones is 1. The number of hydrogen-bond acceptors (Lipinski definition) is 3. The third-order valence-electron chi connectivity index (χ3n) is 3.16. The van der Waals surface area contributed by atoms with E-state index in [2.05, 4.69) is 0 Å². The monoisotopic (exact) mass is 184 g/mol. The highest BCUT2D eigenvalue weighted by molar-refractivity contribution is 5.97. The molecule has 2 fully saturated rings. The van der Waals surface area contributed by atoms with E-state index >= 15 is 0 Å². The van der Waals surface area contributed by atoms with Crippen LogP contribution >= 0.6 is 0 Å². The minimum Gasteiger partial charge on any atom is -0.481 e. The molecule has 0 radical (unpaired) electrons. The number of carboxylic acid groups (broad SMARTS) is 1. The molecule has 1 unspecified atom stereocenters. The summed E-state index contributed by atoms with van der Waals surface area (Å²) in [6.07, 6.45) is 1.19. The highest BCUT2D eigenvalue weighted by Gasteiger charge is 2.55. The Morgan fingerprint density at radius 1 is 1.54 bits per heavy atom. The maximum atomic E-state index is 11.0. The molecule has 1 N–H and O–H groups in total. The van der Waals surface area contributed by atoms with E-state index in [1.54, 1.807) is 0 Å². The molecule has 2 rings (SSSR count). The lowest BCUT2D eigenvalue weighted by Crippen LogP contribution is -2.50. The Morgan fingerprint density at radius 2 is 2.23 bits per heavy atom. The zero-order chi connectivity index (χ0) is 9.47. The van der Waals surface area contributed by atoms with Gasteiger partial charge in [0.05, 0.1) is 12.0 Å². The minimum absolute atomic E-state index is 0.0442. The second kappa shape index (κ2) is 2.80. The number of Topliss-reactive ketones (excluding diaryl/α,β-unsaturated/α-hetero) is 1. The molecule has 72 valence electrons. The fraction of sp³-hybridized carbons (Fsp3) is 0.778. The molecule has 1 saturated heterocycles. The Bertz CT molecular complexity index is 244. The molecular weight excluding hydrogens is 172 g/mol. The fourth-order valence-corrected chi connectivity index (χ4v) is 2.24. The first-order chi connectivity index (χ1) is 6.15. The number of ether oxygens (including phenoxy) is 1. The molecule has 1 saturated carbocycles. The number of hydrogen-bond donors (Lipinski definition) is 1. The van der Waals surface area contributed by atoms with Crippen molar-refractivity contribution in [2.75, 3.05) is 13.2 Å². The highest BCUT2D eigenvalue weighted by atomic mass is 16.5. The molecule has 0 aromatic carbocycles. The summed E-state index contributed by atoms with van der Waals surface area (Å²) in [5, 5.41) is 9.05. The van der Waals surface area contributed by atoms with Crippen molar-refractivity contribution < 1.29 is 19.4 Å². The van der Waals surface area contributed by atoms with Crippen LogP contribution in [0, 0.1) is 11.3 Å². The second-order valence-corrected chi connectivity index (χ2v) is 3.91. The van der Waals surface area contributed by atoms with Crippen molar-refractivity contribution in [2.24, 2.45) is 11.3 Å². The standard InChI is InChI=1S/C9H12O4/c10-7-3-9(4-7,8(11)12)6-1-2-13-5-6/h6H,1-5H2,(H,11,12). The molecule has 1 heterocycles. The van der Waals surface area contributed by atoms with Gasteiger partial charge >= 0.3 is 5.97 Å². The predicted molar refractivity (Wildman–Crippen MR) is 43.2 cm³/mol. The first-order valence-electron chi connectivity index (χ1n) is 4.48. The van der Waals surface area contributed by atoms with E-state index in [1.807, 2.05) is 0 Å². The Kier molecular flexibility index (Phi) is 1.87. The third-order valence-corrected chi connectivity index (χ3v) is 3.16. The average Bonchev–Trinajstić information content (AvgIpc) is 2.49. The van der Waals surface area contributed by atoms with Crippen molar-refractivity contribution in [3.05, 3.63) is 0 Å². The van der Waals surface area contributed by atoms with Crippen LogP contribution in [0.5, 0.6) is 0 Å². The molecule has 4 nitrogen and oxygen atoms in total. The normalized spacial score (nSPS) is 31.4. The molecule has 13 heavy (non-hydrogen) atoms. The second-order valence-electron chi connectivity index (χ2n) is 3.91. The Balaban J connectivity index is 2.14. The molecule has 4 heteroatoms. The van der Waals surface area contributed by atoms with Gasteiger partial charge in [-0.15, -0.1) is 0 Å². The number of aliphatic carboxylic acids is 1. The van der Waals surface area contributed by atoms with Crippen molar-refractivity contribution in [3.63, 3.8) is 0 Å². The molecule has 1 aliphatic carbocycles. The summed E-state index contributed by atoms with van der Waals surface area (Å²) in [4.78, 5) is 21.9. The van der Waals surface area contributed by atoms with Crippen LogP contribution in [-0.2, 0) is 14.3 Å². The number of carboxylic acids is 1. The Hall–Kier alpha value is -0.900. The average molecular weight is 184 g/mol. The molecule has 0 aromatic rings. The van der Waals surface area contributed by atoms with E-state index in [0.717, 1.165) is 6.42 Å². The van der Waals surface area contributed by atoms with Crippen molar-refractivity contribution in [1.29, 1.82) is 0 Å². The van der Waals surface area contributed by atoms with Gasteiger partial charge in [-0.05, 0) is 6.42 Å². The van der Waals surface area contributed by atoms with Gasteiger partial charge in [0.1, 0.15) is 5.78 Å². The van der Waals surface area contributed by atoms with Gasteiger partial charge in [0.2, 0.25) is 0 Å². The van der Waals surface area contributed by atoms with Gasteiger partial charge in [0.25, 0.3) is 0 Å². The summed E-state index contributed by atoms with van der Waals surface area (Å²) >= 11 is 0. The van der Waals surface area contributed by atoms with E-state index in [9.17, 15) is 9.59 Å². The number of rotatable bonds is 2. The molecule has 0 bridgehead atoms. The molecule has 1 aliphatic heterocycles. The van der Waals surface area contributed by atoms with Crippen LogP contribution < -0.4 is 0 Å². The van der Waals surface area contributed by atoms with Crippen LogP contribution in [0.2, 0.25) is 0 Å². The zero-order valence-electron chi connectivity index (χ0n) is 7.28. The van der Waals surface area contributed by atoms with Crippen molar-refractivity contribution in [1.82, 2.24) is 0 Å². The third kappa shape index (κ3) is 1.16. The van der Waals surface area contributed by atoms with Crippen molar-refractivity contribution >= 4 is 11.8 Å². The van der Waals surface area contributed by atoms with Gasteiger partial charge in [0, 0.05) is 25.4 Å². The fourth-order valence-electron chi connectivity index (χ4n) is 2.24. The SMILES string of the molecule is O=C1CC(C(=O)O)(C2CCOC2)C1. The van der Waals surface area contributed by atoms with Crippen LogP contribution in [0.1, 0.15) is 19.3 Å². The summed E-state index contributed by atoms with van der Waals surface area (Å²) in [6.45, 7) is 1.13. The van der Waals surface area contributed by atoms with Crippen molar-refractivity contribution in [3.8, 4) is 0 Å². The van der Waals surface area contributed by atoms with E-state index in [-0.39, 0.29) is 24.5 Å². The summed E-state index contributed by atoms with van der Waals surface area (Å²) < 4.78 is 5.15. The van der Waals surface area contributed by atoms with E-state index in [0.29, 0.717) is 13.2 Å². The molecular formula is C9H12O4. The molecule has 2 aliphatic rings. The maximum Gasteiger partial charge on any atom is 0.310 e. The Morgan fingerprint density at radius 3 is 2.62 bits per heavy atom. The minimum atomic E-state index is -0.831. The maximum absolute atomic E-state index is 11.0. The largest absolute Gasteiger partial charge is 0.481 e. The Labute approximate surface area is 75.9 Å². The number of carbonyl (C=O) groups is 2.